The van der Waals surface area contributed by atoms with Gasteiger partial charge in [-0.15, -0.1) is 0 Å². The highest BCUT2D eigenvalue weighted by Gasteiger charge is 2.31. The van der Waals surface area contributed by atoms with Crippen molar-refractivity contribution in [2.45, 2.75) is 19.5 Å². The van der Waals surface area contributed by atoms with E-state index in [1.807, 2.05) is 0 Å². The molecule has 1 aromatic heterocycles. The van der Waals surface area contributed by atoms with Crippen LogP contribution in [0.15, 0.2) is 12.3 Å². The fraction of sp³-hybridized carbons (Fsp3) is 0.375. The van der Waals surface area contributed by atoms with Gasteiger partial charge in [0.2, 0.25) is 0 Å². The van der Waals surface area contributed by atoms with Gasteiger partial charge in [0.15, 0.2) is 0 Å². The highest BCUT2D eigenvalue weighted by molar-refractivity contribution is 5.18. The molecule has 0 radical (unpaired) electrons. The molecule has 0 aliphatic carbocycles. The van der Waals surface area contributed by atoms with Crippen LogP contribution in [-0.2, 0) is 12.6 Å². The van der Waals surface area contributed by atoms with Gasteiger partial charge in [-0.25, -0.2) is 4.39 Å². The molecule has 1 nitrogen and oxygen atoms in total. The maximum atomic E-state index is 12.8. The molecule has 1 rings (SSSR count). The number of aromatic nitrogens is 1. The van der Waals surface area contributed by atoms with Gasteiger partial charge in [-0.2, -0.15) is 13.2 Å². The molecular weight excluding hydrogens is 186 g/mol. The molecule has 0 bridgehead atoms. The van der Waals surface area contributed by atoms with E-state index in [2.05, 4.69) is 4.98 Å². The first-order valence-electron chi connectivity index (χ1n) is 3.66. The third-order valence-electron chi connectivity index (χ3n) is 1.58. The van der Waals surface area contributed by atoms with Crippen LogP contribution < -0.4 is 0 Å². The minimum Gasteiger partial charge on any atom is -0.258 e. The number of halogens is 4. The van der Waals surface area contributed by atoms with Gasteiger partial charge in [0.1, 0.15) is 5.82 Å². The maximum absolute atomic E-state index is 12.8. The van der Waals surface area contributed by atoms with Crippen molar-refractivity contribution in [1.82, 2.24) is 4.98 Å². The molecule has 0 aliphatic rings. The number of alkyl halides is 3. The quantitative estimate of drug-likeness (QED) is 0.625. The van der Waals surface area contributed by atoms with Crippen molar-refractivity contribution in [3.63, 3.8) is 0 Å². The van der Waals surface area contributed by atoms with Crippen LogP contribution in [0.2, 0.25) is 0 Å². The maximum Gasteiger partial charge on any atom is 0.417 e. The van der Waals surface area contributed by atoms with Crippen molar-refractivity contribution in [2.24, 2.45) is 0 Å². The van der Waals surface area contributed by atoms with Crippen molar-refractivity contribution in [2.75, 3.05) is 0 Å². The molecular formula is C8H7F4N. The zero-order valence-corrected chi connectivity index (χ0v) is 6.82. The molecule has 0 N–H and O–H groups in total. The molecule has 0 atom stereocenters. The van der Waals surface area contributed by atoms with Gasteiger partial charge in [0.25, 0.3) is 0 Å². The lowest BCUT2D eigenvalue weighted by atomic mass is 10.2. The summed E-state index contributed by atoms with van der Waals surface area (Å²) in [4.78, 5) is 3.37. The van der Waals surface area contributed by atoms with Gasteiger partial charge in [-0.05, 0) is 12.5 Å². The van der Waals surface area contributed by atoms with Gasteiger partial charge in [0, 0.05) is 6.20 Å². The van der Waals surface area contributed by atoms with Crippen LogP contribution in [-0.4, -0.2) is 4.98 Å². The van der Waals surface area contributed by atoms with Crippen molar-refractivity contribution >= 4 is 0 Å². The molecule has 13 heavy (non-hydrogen) atoms. The summed E-state index contributed by atoms with van der Waals surface area (Å²) in [5.41, 5.74) is -1.00. The first-order valence-corrected chi connectivity index (χ1v) is 3.66. The summed E-state index contributed by atoms with van der Waals surface area (Å²) in [6, 6.07) is 0.464. The Labute approximate surface area is 72.4 Å². The molecule has 72 valence electrons. The fourth-order valence-corrected chi connectivity index (χ4v) is 0.881. The minimum atomic E-state index is -4.53. The summed E-state index contributed by atoms with van der Waals surface area (Å²) < 4.78 is 48.8. The average molecular weight is 193 g/mol. The second-order valence-corrected chi connectivity index (χ2v) is 2.50. The second-order valence-electron chi connectivity index (χ2n) is 2.50. The van der Waals surface area contributed by atoms with E-state index >= 15 is 0 Å². The topological polar surface area (TPSA) is 12.9 Å². The summed E-state index contributed by atoms with van der Waals surface area (Å²) in [5.74, 6) is -0.905. The summed E-state index contributed by atoms with van der Waals surface area (Å²) in [6.45, 7) is 1.62. The van der Waals surface area contributed by atoms with Crippen LogP contribution in [0.25, 0.3) is 0 Å². The van der Waals surface area contributed by atoms with E-state index in [9.17, 15) is 17.6 Å². The average Bonchev–Trinajstić information content (AvgIpc) is 2.02. The van der Waals surface area contributed by atoms with Crippen LogP contribution in [0.4, 0.5) is 17.6 Å². The first kappa shape index (κ1) is 9.95. The Hall–Kier alpha value is -1.13. The molecule has 5 heteroatoms. The van der Waals surface area contributed by atoms with Crippen LogP contribution in [0.3, 0.4) is 0 Å². The highest BCUT2D eigenvalue weighted by atomic mass is 19.4. The fourth-order valence-electron chi connectivity index (χ4n) is 0.881. The van der Waals surface area contributed by atoms with Crippen LogP contribution in [0, 0.1) is 5.82 Å². The number of hydrogen-bond acceptors (Lipinski definition) is 1. The molecule has 0 aromatic carbocycles. The SMILES string of the molecule is CCc1ncc(C(F)(F)F)cc1F. The van der Waals surface area contributed by atoms with Gasteiger partial charge in [0.05, 0.1) is 11.3 Å². The number of aryl methyl sites for hydroxylation is 1. The van der Waals surface area contributed by atoms with Gasteiger partial charge in [-0.3, -0.25) is 4.98 Å². The zero-order chi connectivity index (χ0) is 10.1. The molecule has 0 spiro atoms. The van der Waals surface area contributed by atoms with Gasteiger partial charge < -0.3 is 0 Å². The van der Waals surface area contributed by atoms with Crippen molar-refractivity contribution in [1.29, 1.82) is 0 Å². The monoisotopic (exact) mass is 193 g/mol. The molecule has 1 aromatic rings. The highest BCUT2D eigenvalue weighted by Crippen LogP contribution is 2.29. The summed E-state index contributed by atoms with van der Waals surface area (Å²) in [6.07, 6.45) is -3.61. The predicted molar refractivity (Wildman–Crippen MR) is 38.6 cm³/mol. The lowest BCUT2D eigenvalue weighted by Gasteiger charge is -2.06. The lowest BCUT2D eigenvalue weighted by molar-refractivity contribution is -0.138. The number of hydrogen-bond donors (Lipinski definition) is 0. The van der Waals surface area contributed by atoms with Crippen molar-refractivity contribution in [3.8, 4) is 0 Å². The Balaban J connectivity index is 3.10. The minimum absolute atomic E-state index is 0.0491. The Bertz CT molecular complexity index is 306. The summed E-state index contributed by atoms with van der Waals surface area (Å²) in [5, 5.41) is 0. The van der Waals surface area contributed by atoms with Crippen molar-refractivity contribution in [3.05, 3.63) is 29.3 Å². The largest absolute Gasteiger partial charge is 0.417 e. The van der Waals surface area contributed by atoms with E-state index in [1.54, 1.807) is 6.92 Å². The normalized spacial score (nSPS) is 11.8. The molecule has 0 aliphatic heterocycles. The Kier molecular flexibility index (Phi) is 2.54. The van der Waals surface area contributed by atoms with E-state index < -0.39 is 17.6 Å². The second kappa shape index (κ2) is 3.32. The molecule has 1 heterocycles. The van der Waals surface area contributed by atoms with E-state index in [-0.39, 0.29) is 12.1 Å². The zero-order valence-electron chi connectivity index (χ0n) is 6.82. The third kappa shape index (κ3) is 2.17. The first-order chi connectivity index (χ1) is 5.95. The van der Waals surface area contributed by atoms with E-state index in [1.165, 1.54) is 0 Å². The molecule has 0 saturated carbocycles. The van der Waals surface area contributed by atoms with Crippen molar-refractivity contribution < 1.29 is 17.6 Å². The number of pyridine rings is 1. The van der Waals surface area contributed by atoms with Gasteiger partial charge in [-0.1, -0.05) is 6.92 Å². The molecule has 0 fully saturated rings. The van der Waals surface area contributed by atoms with Crippen LogP contribution >= 0.6 is 0 Å². The Morgan fingerprint density at radius 2 is 2.00 bits per heavy atom. The summed E-state index contributed by atoms with van der Waals surface area (Å²) in [7, 11) is 0. The molecule has 0 unspecified atom stereocenters. The summed E-state index contributed by atoms with van der Waals surface area (Å²) >= 11 is 0. The number of rotatable bonds is 1. The standard InChI is InChI=1S/C8H7F4N/c1-2-7-6(9)3-5(4-13-7)8(10,11)12/h3-4H,2H2,1H3. The van der Waals surface area contributed by atoms with Crippen LogP contribution in [0.1, 0.15) is 18.2 Å². The Morgan fingerprint density at radius 3 is 2.38 bits per heavy atom. The Morgan fingerprint density at radius 1 is 1.38 bits per heavy atom. The lowest BCUT2D eigenvalue weighted by Crippen LogP contribution is -2.07. The van der Waals surface area contributed by atoms with E-state index in [4.69, 9.17) is 0 Å². The third-order valence-corrected chi connectivity index (χ3v) is 1.58. The molecule has 0 amide bonds. The van der Waals surface area contributed by atoms with E-state index in [0.29, 0.717) is 12.3 Å². The van der Waals surface area contributed by atoms with E-state index in [0.717, 1.165) is 0 Å². The number of nitrogens with zero attached hydrogens (tertiary/aromatic N) is 1. The molecule has 0 saturated heterocycles. The van der Waals surface area contributed by atoms with Crippen LogP contribution in [0.5, 0.6) is 0 Å². The van der Waals surface area contributed by atoms with Gasteiger partial charge >= 0.3 is 6.18 Å². The predicted octanol–water partition coefficient (Wildman–Crippen LogP) is 2.80. The smallest absolute Gasteiger partial charge is 0.258 e.